The Morgan fingerprint density at radius 3 is 2.51 bits per heavy atom. The zero-order chi connectivity index (χ0) is 26.9. The summed E-state index contributed by atoms with van der Waals surface area (Å²) in [5.41, 5.74) is 1.68. The lowest BCUT2D eigenvalue weighted by Gasteiger charge is -2.26. The number of fused-ring (bicyclic) bond motifs is 1. The van der Waals surface area contributed by atoms with Crippen LogP contribution in [0.15, 0.2) is 30.5 Å². The molecule has 37 heavy (non-hydrogen) atoms. The fourth-order valence-corrected chi connectivity index (χ4v) is 4.80. The summed E-state index contributed by atoms with van der Waals surface area (Å²) < 4.78 is 0. The van der Waals surface area contributed by atoms with Gasteiger partial charge in [-0.05, 0) is 56.4 Å². The summed E-state index contributed by atoms with van der Waals surface area (Å²) in [6.45, 7) is 2.04. The van der Waals surface area contributed by atoms with Gasteiger partial charge in [0.15, 0.2) is 0 Å². The number of carboxylic acids is 1. The number of aliphatic hydroxyl groups excluding tert-OH is 1. The van der Waals surface area contributed by atoms with Crippen LogP contribution in [0.1, 0.15) is 31.7 Å². The van der Waals surface area contributed by atoms with E-state index in [0.29, 0.717) is 18.7 Å². The minimum atomic E-state index is -1.41. The number of para-hydroxylation sites is 1. The fourth-order valence-electron chi connectivity index (χ4n) is 4.32. The molecule has 1 saturated heterocycles. The minimum Gasteiger partial charge on any atom is -0.480 e. The number of rotatable bonds is 13. The Labute approximate surface area is 219 Å². The van der Waals surface area contributed by atoms with Crippen LogP contribution in [0.4, 0.5) is 0 Å². The van der Waals surface area contributed by atoms with Crippen molar-refractivity contribution >= 4 is 46.4 Å². The molecule has 2 aromatic rings. The molecule has 0 saturated carbocycles. The number of thioether (sulfide) groups is 1. The average Bonchev–Trinajstić information content (AvgIpc) is 3.55. The zero-order valence-electron chi connectivity index (χ0n) is 21.0. The van der Waals surface area contributed by atoms with E-state index < -0.39 is 48.1 Å². The van der Waals surface area contributed by atoms with Gasteiger partial charge in [-0.1, -0.05) is 18.2 Å². The number of aromatic nitrogens is 1. The molecule has 11 nitrogen and oxygen atoms in total. The highest BCUT2D eigenvalue weighted by molar-refractivity contribution is 7.98. The summed E-state index contributed by atoms with van der Waals surface area (Å²) in [4.78, 5) is 53.9. The Balaban J connectivity index is 1.78. The first kappa shape index (κ1) is 28.5. The molecule has 0 bridgehead atoms. The first-order chi connectivity index (χ1) is 17.7. The van der Waals surface area contributed by atoms with Gasteiger partial charge >= 0.3 is 5.97 Å². The van der Waals surface area contributed by atoms with Crippen LogP contribution in [-0.2, 0) is 25.6 Å². The highest BCUT2D eigenvalue weighted by Gasteiger charge is 2.33. The predicted octanol–water partition coefficient (Wildman–Crippen LogP) is 0.135. The van der Waals surface area contributed by atoms with E-state index in [4.69, 9.17) is 0 Å². The van der Waals surface area contributed by atoms with Gasteiger partial charge in [0.05, 0.1) is 12.1 Å². The topological polar surface area (TPSA) is 173 Å². The maximum absolute atomic E-state index is 13.4. The van der Waals surface area contributed by atoms with Gasteiger partial charge in [0.1, 0.15) is 18.1 Å². The third-order valence-corrected chi connectivity index (χ3v) is 7.04. The van der Waals surface area contributed by atoms with Crippen LogP contribution in [0.3, 0.4) is 0 Å². The summed E-state index contributed by atoms with van der Waals surface area (Å²) in [5.74, 6) is -2.48. The molecule has 202 valence electrons. The van der Waals surface area contributed by atoms with E-state index in [-0.39, 0.29) is 18.7 Å². The van der Waals surface area contributed by atoms with Gasteiger partial charge in [0.2, 0.25) is 17.7 Å². The van der Waals surface area contributed by atoms with E-state index in [1.54, 1.807) is 6.20 Å². The lowest BCUT2D eigenvalue weighted by atomic mass is 10.0. The molecule has 7 N–H and O–H groups in total. The molecule has 5 unspecified atom stereocenters. The van der Waals surface area contributed by atoms with E-state index in [0.717, 1.165) is 22.9 Å². The van der Waals surface area contributed by atoms with E-state index in [9.17, 15) is 29.4 Å². The molecule has 1 fully saturated rings. The molecule has 0 aliphatic carbocycles. The molecule has 1 aliphatic rings. The number of carbonyl (C=O) groups is 4. The van der Waals surface area contributed by atoms with Gasteiger partial charge in [0, 0.05) is 23.5 Å². The van der Waals surface area contributed by atoms with Crippen LogP contribution < -0.4 is 21.3 Å². The van der Waals surface area contributed by atoms with Crippen molar-refractivity contribution in [3.63, 3.8) is 0 Å². The Kier molecular flexibility index (Phi) is 10.4. The van der Waals surface area contributed by atoms with Crippen molar-refractivity contribution in [1.29, 1.82) is 0 Å². The van der Waals surface area contributed by atoms with Gasteiger partial charge in [-0.15, -0.1) is 0 Å². The molecular formula is C25H35N5O6S. The van der Waals surface area contributed by atoms with Gasteiger partial charge in [-0.25, -0.2) is 4.79 Å². The summed E-state index contributed by atoms with van der Waals surface area (Å²) in [6, 6.07) is 3.55. The summed E-state index contributed by atoms with van der Waals surface area (Å²) >= 11 is 1.44. The second-order valence-electron chi connectivity index (χ2n) is 9.18. The smallest absolute Gasteiger partial charge is 0.326 e. The number of benzene rings is 1. The van der Waals surface area contributed by atoms with E-state index >= 15 is 0 Å². The van der Waals surface area contributed by atoms with E-state index in [2.05, 4.69) is 26.3 Å². The predicted molar refractivity (Wildman–Crippen MR) is 141 cm³/mol. The molecule has 0 radical (unpaired) electrons. The zero-order valence-corrected chi connectivity index (χ0v) is 21.8. The number of nitrogens with one attached hydrogen (secondary N) is 5. The van der Waals surface area contributed by atoms with Crippen molar-refractivity contribution in [2.24, 2.45) is 0 Å². The van der Waals surface area contributed by atoms with Crippen LogP contribution in [0, 0.1) is 0 Å². The van der Waals surface area contributed by atoms with Gasteiger partial charge < -0.3 is 36.5 Å². The van der Waals surface area contributed by atoms with Crippen LogP contribution in [0.25, 0.3) is 10.9 Å². The first-order valence-corrected chi connectivity index (χ1v) is 13.7. The van der Waals surface area contributed by atoms with Crippen molar-refractivity contribution in [1.82, 2.24) is 26.3 Å². The number of aliphatic carboxylic acids is 1. The molecule has 12 heteroatoms. The standard InChI is InChI=1S/C25H35N5O6S/c1-14(31)21(24(34)28-19(25(35)36)9-11-37-2)30-23(33)20(29-22(32)18-8-5-10-26-18)12-15-13-27-17-7-4-3-6-16(15)17/h3-4,6-7,13-14,18-21,26-27,31H,5,8-12H2,1-2H3,(H,28,34)(H,29,32)(H,30,33)(H,35,36). The molecule has 3 amide bonds. The molecule has 2 heterocycles. The summed E-state index contributed by atoms with van der Waals surface area (Å²) in [7, 11) is 0. The average molecular weight is 534 g/mol. The van der Waals surface area contributed by atoms with Crippen molar-refractivity contribution in [2.45, 2.75) is 62.9 Å². The molecule has 1 aromatic carbocycles. The van der Waals surface area contributed by atoms with Crippen LogP contribution in [0.2, 0.25) is 0 Å². The number of H-pyrrole nitrogens is 1. The van der Waals surface area contributed by atoms with Crippen LogP contribution in [0.5, 0.6) is 0 Å². The lowest BCUT2D eigenvalue weighted by Crippen LogP contribution is -2.60. The normalized spacial score (nSPS) is 18.5. The van der Waals surface area contributed by atoms with Crippen LogP contribution >= 0.6 is 11.8 Å². The summed E-state index contributed by atoms with van der Waals surface area (Å²) in [6.07, 6.45) is 4.13. The largest absolute Gasteiger partial charge is 0.480 e. The Bertz CT molecular complexity index is 1100. The summed E-state index contributed by atoms with van der Waals surface area (Å²) in [5, 5.41) is 31.4. The Hall–Kier alpha value is -3.09. The van der Waals surface area contributed by atoms with Crippen LogP contribution in [-0.4, -0.2) is 87.7 Å². The molecule has 3 rings (SSSR count). The Morgan fingerprint density at radius 2 is 1.86 bits per heavy atom. The molecular weight excluding hydrogens is 498 g/mol. The fraction of sp³-hybridized carbons (Fsp3) is 0.520. The van der Waals surface area contributed by atoms with E-state index in [1.165, 1.54) is 18.7 Å². The molecule has 5 atom stereocenters. The van der Waals surface area contributed by atoms with E-state index in [1.807, 2.05) is 30.5 Å². The molecule has 1 aliphatic heterocycles. The number of aliphatic hydroxyl groups is 1. The number of hydrogen-bond acceptors (Lipinski definition) is 7. The maximum Gasteiger partial charge on any atom is 0.326 e. The highest BCUT2D eigenvalue weighted by Crippen LogP contribution is 2.19. The SMILES string of the molecule is CSCCC(NC(=O)C(NC(=O)C(Cc1c[nH]c2ccccc12)NC(=O)C1CCCN1)C(C)O)C(=O)O. The second-order valence-corrected chi connectivity index (χ2v) is 10.2. The van der Waals surface area contributed by atoms with Crippen molar-refractivity contribution < 1.29 is 29.4 Å². The van der Waals surface area contributed by atoms with Crippen molar-refractivity contribution in [3.05, 3.63) is 36.0 Å². The van der Waals surface area contributed by atoms with Gasteiger partial charge in [-0.3, -0.25) is 14.4 Å². The highest BCUT2D eigenvalue weighted by atomic mass is 32.2. The Morgan fingerprint density at radius 1 is 1.11 bits per heavy atom. The quantitative estimate of drug-likeness (QED) is 0.190. The number of hydrogen-bond donors (Lipinski definition) is 7. The number of aromatic amines is 1. The number of amides is 3. The molecule has 0 spiro atoms. The van der Waals surface area contributed by atoms with Crippen molar-refractivity contribution in [2.75, 3.05) is 18.6 Å². The maximum atomic E-state index is 13.4. The van der Waals surface area contributed by atoms with Gasteiger partial charge in [0.25, 0.3) is 0 Å². The monoisotopic (exact) mass is 533 g/mol. The second kappa shape index (κ2) is 13.5. The molecule has 1 aromatic heterocycles. The minimum absolute atomic E-state index is 0.147. The number of carbonyl (C=O) groups excluding carboxylic acids is 3. The third-order valence-electron chi connectivity index (χ3n) is 6.40. The van der Waals surface area contributed by atoms with Gasteiger partial charge in [-0.2, -0.15) is 11.8 Å². The van der Waals surface area contributed by atoms with Crippen molar-refractivity contribution in [3.8, 4) is 0 Å². The first-order valence-electron chi connectivity index (χ1n) is 12.3. The third kappa shape index (κ3) is 7.70. The number of carboxylic acid groups (broad SMARTS) is 1. The lowest BCUT2D eigenvalue weighted by molar-refractivity contribution is -0.143.